The van der Waals surface area contributed by atoms with Gasteiger partial charge < -0.3 is 10.1 Å². The highest BCUT2D eigenvalue weighted by Crippen LogP contribution is 2.29. The van der Waals surface area contributed by atoms with Crippen molar-refractivity contribution in [2.75, 3.05) is 13.7 Å². The number of methoxy groups -OCH3 is 1. The molecule has 0 aliphatic heterocycles. The van der Waals surface area contributed by atoms with Gasteiger partial charge in [0.2, 0.25) is 0 Å². The molecule has 3 nitrogen and oxygen atoms in total. The van der Waals surface area contributed by atoms with Gasteiger partial charge in [0, 0.05) is 12.6 Å². The summed E-state index contributed by atoms with van der Waals surface area (Å²) in [4.78, 5) is 11.9. The first kappa shape index (κ1) is 14.1. The molecule has 2 rings (SSSR count). The molecule has 0 amide bonds. The van der Waals surface area contributed by atoms with Crippen LogP contribution in [0.3, 0.4) is 0 Å². The summed E-state index contributed by atoms with van der Waals surface area (Å²) in [7, 11) is 1.45. The Balaban J connectivity index is 1.96. The van der Waals surface area contributed by atoms with Crippen LogP contribution in [-0.4, -0.2) is 25.7 Å². The zero-order valence-corrected chi connectivity index (χ0v) is 11.8. The fraction of sp³-hybridized carbons (Fsp3) is 0.562. The first-order chi connectivity index (χ1) is 9.22. The van der Waals surface area contributed by atoms with E-state index >= 15 is 0 Å². The monoisotopic (exact) mass is 261 g/mol. The van der Waals surface area contributed by atoms with E-state index in [1.807, 2.05) is 30.3 Å². The van der Waals surface area contributed by atoms with E-state index in [1.54, 1.807) is 0 Å². The molecule has 0 spiro atoms. The van der Waals surface area contributed by atoms with E-state index in [2.05, 4.69) is 12.2 Å². The lowest BCUT2D eigenvalue weighted by atomic mass is 9.80. The maximum atomic E-state index is 11.9. The highest BCUT2D eigenvalue weighted by Gasteiger charge is 2.26. The second kappa shape index (κ2) is 6.71. The van der Waals surface area contributed by atoms with Crippen LogP contribution in [0.5, 0.6) is 0 Å². The molecule has 0 heterocycles. The van der Waals surface area contributed by atoms with Gasteiger partial charge >= 0.3 is 5.97 Å². The molecule has 1 aromatic carbocycles. The minimum absolute atomic E-state index is 0.167. The van der Waals surface area contributed by atoms with Crippen LogP contribution in [0.25, 0.3) is 0 Å². The molecular weight excluding hydrogens is 238 g/mol. The van der Waals surface area contributed by atoms with Crippen LogP contribution in [-0.2, 0) is 9.53 Å². The average molecular weight is 261 g/mol. The van der Waals surface area contributed by atoms with Crippen LogP contribution in [0.2, 0.25) is 0 Å². The number of nitrogens with one attached hydrogen (secondary N) is 1. The number of ether oxygens (including phenoxy) is 1. The van der Waals surface area contributed by atoms with Gasteiger partial charge in [-0.2, -0.15) is 0 Å². The second-order valence-corrected chi connectivity index (χ2v) is 5.37. The molecule has 0 aromatic heterocycles. The molecule has 1 aliphatic rings. The summed E-state index contributed by atoms with van der Waals surface area (Å²) in [5.74, 6) is 0.391. The topological polar surface area (TPSA) is 38.3 Å². The zero-order valence-electron chi connectivity index (χ0n) is 11.8. The molecular formula is C16H23NO2. The van der Waals surface area contributed by atoms with Crippen molar-refractivity contribution in [1.29, 1.82) is 0 Å². The molecule has 0 saturated heterocycles. The largest absolute Gasteiger partial charge is 0.469 e. The van der Waals surface area contributed by atoms with Crippen molar-refractivity contribution >= 4 is 5.97 Å². The van der Waals surface area contributed by atoms with E-state index in [-0.39, 0.29) is 11.9 Å². The first-order valence-corrected chi connectivity index (χ1v) is 7.08. The normalized spacial score (nSPS) is 18.4. The lowest BCUT2D eigenvalue weighted by Gasteiger charge is -2.32. The van der Waals surface area contributed by atoms with E-state index < -0.39 is 0 Å². The second-order valence-electron chi connectivity index (χ2n) is 5.37. The number of rotatable bonds is 6. The van der Waals surface area contributed by atoms with Crippen molar-refractivity contribution in [2.45, 2.75) is 38.1 Å². The first-order valence-electron chi connectivity index (χ1n) is 7.08. The van der Waals surface area contributed by atoms with Gasteiger partial charge in [0.1, 0.15) is 0 Å². The number of hydrogen-bond donors (Lipinski definition) is 1. The Hall–Kier alpha value is -1.35. The molecule has 104 valence electrons. The van der Waals surface area contributed by atoms with Gasteiger partial charge in [-0.05, 0) is 31.2 Å². The van der Waals surface area contributed by atoms with Crippen molar-refractivity contribution in [3.63, 3.8) is 0 Å². The zero-order chi connectivity index (χ0) is 13.7. The fourth-order valence-corrected chi connectivity index (χ4v) is 2.58. The predicted molar refractivity (Wildman–Crippen MR) is 76.0 cm³/mol. The van der Waals surface area contributed by atoms with Crippen molar-refractivity contribution in [1.82, 2.24) is 5.32 Å². The smallest absolute Gasteiger partial charge is 0.314 e. The van der Waals surface area contributed by atoms with Crippen LogP contribution in [0.15, 0.2) is 30.3 Å². The summed E-state index contributed by atoms with van der Waals surface area (Å²) in [6.07, 6.45) is 3.96. The van der Waals surface area contributed by atoms with E-state index in [1.165, 1.54) is 26.4 Å². The fourth-order valence-electron chi connectivity index (χ4n) is 2.58. The minimum Gasteiger partial charge on any atom is -0.469 e. The van der Waals surface area contributed by atoms with Gasteiger partial charge in [-0.1, -0.05) is 36.8 Å². The van der Waals surface area contributed by atoms with E-state index in [9.17, 15) is 4.79 Å². The van der Waals surface area contributed by atoms with Crippen LogP contribution >= 0.6 is 0 Å². The standard InChI is InChI=1S/C16H23NO2/c1-12(13-9-6-10-13)17-11-15(16(18)19-2)14-7-4-3-5-8-14/h3-5,7-8,12-13,15,17H,6,9-11H2,1-2H3. The number of esters is 1. The molecule has 2 unspecified atom stereocenters. The van der Waals surface area contributed by atoms with Gasteiger partial charge in [-0.25, -0.2) is 0 Å². The van der Waals surface area contributed by atoms with Gasteiger partial charge in [-0.15, -0.1) is 0 Å². The highest BCUT2D eigenvalue weighted by molar-refractivity contribution is 5.78. The van der Waals surface area contributed by atoms with E-state index in [4.69, 9.17) is 4.74 Å². The molecule has 1 saturated carbocycles. The van der Waals surface area contributed by atoms with Gasteiger partial charge in [0.25, 0.3) is 0 Å². The van der Waals surface area contributed by atoms with Crippen LogP contribution in [0, 0.1) is 5.92 Å². The van der Waals surface area contributed by atoms with Crippen LogP contribution in [0.4, 0.5) is 0 Å². The van der Waals surface area contributed by atoms with Gasteiger partial charge in [0.15, 0.2) is 0 Å². The number of hydrogen-bond acceptors (Lipinski definition) is 3. The third-order valence-corrected chi connectivity index (χ3v) is 4.19. The Bertz CT molecular complexity index is 400. The van der Waals surface area contributed by atoms with Crippen molar-refractivity contribution in [3.8, 4) is 0 Å². The SMILES string of the molecule is COC(=O)C(CNC(C)C1CCC1)c1ccccc1. The number of carbonyl (C=O) groups excluding carboxylic acids is 1. The van der Waals surface area contributed by atoms with Gasteiger partial charge in [0.05, 0.1) is 13.0 Å². The third kappa shape index (κ3) is 3.57. The van der Waals surface area contributed by atoms with Crippen LogP contribution in [0.1, 0.15) is 37.7 Å². The molecule has 19 heavy (non-hydrogen) atoms. The van der Waals surface area contributed by atoms with Crippen LogP contribution < -0.4 is 5.32 Å². The molecule has 1 aliphatic carbocycles. The summed E-state index contributed by atoms with van der Waals surface area (Å²) >= 11 is 0. The highest BCUT2D eigenvalue weighted by atomic mass is 16.5. The molecule has 1 fully saturated rings. The quantitative estimate of drug-likeness (QED) is 0.800. The Morgan fingerprint density at radius 1 is 1.37 bits per heavy atom. The summed E-state index contributed by atoms with van der Waals surface area (Å²) < 4.78 is 4.92. The van der Waals surface area contributed by atoms with Gasteiger partial charge in [-0.3, -0.25) is 4.79 Å². The van der Waals surface area contributed by atoms with E-state index in [0.29, 0.717) is 12.6 Å². The summed E-state index contributed by atoms with van der Waals surface area (Å²) in [5, 5.41) is 3.50. The molecule has 1 N–H and O–H groups in total. The molecule has 1 aromatic rings. The molecule has 0 radical (unpaired) electrons. The summed E-state index contributed by atoms with van der Waals surface area (Å²) in [5.41, 5.74) is 1.02. The van der Waals surface area contributed by atoms with E-state index in [0.717, 1.165) is 11.5 Å². The lowest BCUT2D eigenvalue weighted by Crippen LogP contribution is -2.40. The summed E-state index contributed by atoms with van der Waals surface area (Å²) in [6.45, 7) is 2.86. The lowest BCUT2D eigenvalue weighted by molar-refractivity contribution is -0.142. The van der Waals surface area contributed by atoms with Crippen molar-refractivity contribution in [3.05, 3.63) is 35.9 Å². The summed E-state index contributed by atoms with van der Waals surface area (Å²) in [6, 6.07) is 10.3. The van der Waals surface area contributed by atoms with Crippen molar-refractivity contribution < 1.29 is 9.53 Å². The molecule has 0 bridgehead atoms. The Morgan fingerprint density at radius 2 is 2.05 bits per heavy atom. The maximum absolute atomic E-state index is 11.9. The minimum atomic E-state index is -0.214. The maximum Gasteiger partial charge on any atom is 0.314 e. The Morgan fingerprint density at radius 3 is 2.58 bits per heavy atom. The van der Waals surface area contributed by atoms with Crippen molar-refractivity contribution in [2.24, 2.45) is 5.92 Å². The predicted octanol–water partition coefficient (Wildman–Crippen LogP) is 2.72. The Labute approximate surface area is 115 Å². The Kier molecular flexibility index (Phi) is 4.97. The number of benzene rings is 1. The average Bonchev–Trinajstić information content (AvgIpc) is 2.37. The molecule has 3 heteroatoms. The third-order valence-electron chi connectivity index (χ3n) is 4.19. The molecule has 2 atom stereocenters. The number of carbonyl (C=O) groups is 1.